The fourth-order valence-corrected chi connectivity index (χ4v) is 8.30. The fourth-order valence-electron chi connectivity index (χ4n) is 7.62. The first-order valence-electron chi connectivity index (χ1n) is 25.5. The smallest absolute Gasteiger partial charge is 0.726 e. The molecule has 2 atom stereocenters. The Kier molecular flexibility index (Phi) is 55.5. The fraction of sp³-hybridized carbons (Fsp3) is 0.920. The van der Waals surface area contributed by atoms with Gasteiger partial charge in [0.25, 0.3) is 0 Å². The van der Waals surface area contributed by atoms with Crippen molar-refractivity contribution in [1.82, 2.24) is 0 Å². The number of rotatable bonds is 46. The molecular weight excluding hydrogens is 833 g/mol. The summed E-state index contributed by atoms with van der Waals surface area (Å²) in [6, 6.07) is 0. The van der Waals surface area contributed by atoms with Gasteiger partial charge >= 0.3 is 37.7 Å². The monoisotopic (exact) mass is 931 g/mol. The summed E-state index contributed by atoms with van der Waals surface area (Å²) in [5, 5.41) is 0. The maximum absolute atomic E-state index is 10.8. The molecule has 0 spiro atoms. The van der Waals surface area contributed by atoms with Crippen molar-refractivity contribution in [2.75, 3.05) is 13.2 Å². The van der Waals surface area contributed by atoms with Gasteiger partial charge in [0.15, 0.2) is 0 Å². The molecule has 0 fully saturated rings. The molecule has 8 nitrogen and oxygen atoms in total. The molecule has 0 rings (SSSR count). The standard InChI is InChI=1S/2C25H50O4S.Ca/c2*1-3-5-7-9-11-13-15-17-19-21-23-25(24-29-30(26,27)28)22-20-18-16-14-12-10-8-6-4-2;/h2*20,22,25H,3-19,21,23-24H2,1-2H3,(H,26,27,28);/q;;+2/p-2/b2*22-20+;. The largest absolute Gasteiger partial charge is 2.00 e. The van der Waals surface area contributed by atoms with Crippen LogP contribution in [0.3, 0.4) is 0 Å². The van der Waals surface area contributed by atoms with Gasteiger partial charge in [-0.3, -0.25) is 8.37 Å². The predicted octanol–water partition coefficient (Wildman–Crippen LogP) is 15.8. The van der Waals surface area contributed by atoms with Gasteiger partial charge in [0, 0.05) is 11.8 Å². The van der Waals surface area contributed by atoms with Gasteiger partial charge in [-0.15, -0.1) is 0 Å². The van der Waals surface area contributed by atoms with E-state index in [0.717, 1.165) is 38.5 Å². The Morgan fingerprint density at radius 3 is 0.803 bits per heavy atom. The van der Waals surface area contributed by atoms with Crippen molar-refractivity contribution in [2.45, 2.75) is 272 Å². The van der Waals surface area contributed by atoms with Crippen molar-refractivity contribution in [3.05, 3.63) is 24.3 Å². The average molecular weight is 932 g/mol. The minimum absolute atomic E-state index is 0. The van der Waals surface area contributed by atoms with Gasteiger partial charge in [-0.1, -0.05) is 257 Å². The zero-order valence-electron chi connectivity index (χ0n) is 40.5. The van der Waals surface area contributed by atoms with E-state index in [9.17, 15) is 25.9 Å². The molecule has 0 heterocycles. The van der Waals surface area contributed by atoms with Crippen LogP contribution in [0.5, 0.6) is 0 Å². The van der Waals surface area contributed by atoms with Crippen LogP contribution in [-0.2, 0) is 29.2 Å². The topological polar surface area (TPSA) is 133 Å². The molecule has 2 unspecified atom stereocenters. The Morgan fingerprint density at radius 2 is 0.574 bits per heavy atom. The molecule has 0 aliphatic rings. The number of allylic oxidation sites excluding steroid dienone is 2. The van der Waals surface area contributed by atoms with Crippen molar-refractivity contribution in [1.29, 1.82) is 0 Å². The van der Waals surface area contributed by atoms with Crippen LogP contribution < -0.4 is 0 Å². The molecule has 360 valence electrons. The summed E-state index contributed by atoms with van der Waals surface area (Å²) in [5.41, 5.74) is 0. The van der Waals surface area contributed by atoms with E-state index in [4.69, 9.17) is 0 Å². The molecule has 61 heavy (non-hydrogen) atoms. The van der Waals surface area contributed by atoms with Gasteiger partial charge in [0.05, 0.1) is 13.2 Å². The van der Waals surface area contributed by atoms with E-state index < -0.39 is 20.8 Å². The van der Waals surface area contributed by atoms with Gasteiger partial charge < -0.3 is 9.11 Å². The number of unbranched alkanes of at least 4 members (excludes halogenated alkanes) is 32. The van der Waals surface area contributed by atoms with Crippen LogP contribution in [0.1, 0.15) is 272 Å². The Labute approximate surface area is 410 Å². The Morgan fingerprint density at radius 1 is 0.361 bits per heavy atom. The summed E-state index contributed by atoms with van der Waals surface area (Å²) in [7, 11) is -9.21. The van der Waals surface area contributed by atoms with Crippen LogP contribution in [0, 0.1) is 11.8 Å². The summed E-state index contributed by atoms with van der Waals surface area (Å²) in [6.07, 6.45) is 55.9. The van der Waals surface area contributed by atoms with E-state index in [0.29, 0.717) is 0 Å². The van der Waals surface area contributed by atoms with Crippen molar-refractivity contribution < 1.29 is 34.3 Å². The van der Waals surface area contributed by atoms with E-state index in [-0.39, 0.29) is 62.8 Å². The van der Waals surface area contributed by atoms with Crippen LogP contribution >= 0.6 is 0 Å². The van der Waals surface area contributed by atoms with Gasteiger partial charge in [-0.2, -0.15) is 0 Å². The second-order valence-corrected chi connectivity index (χ2v) is 19.6. The molecular formula is C50H98CaO8S2. The van der Waals surface area contributed by atoms with E-state index in [1.165, 1.54) is 205 Å². The summed E-state index contributed by atoms with van der Waals surface area (Å²) in [6.45, 7) is 8.93. The molecule has 0 aromatic carbocycles. The van der Waals surface area contributed by atoms with Crippen LogP contribution in [0.25, 0.3) is 0 Å². The Bertz CT molecular complexity index is 1040. The third-order valence-electron chi connectivity index (χ3n) is 11.5. The third kappa shape index (κ3) is 60.5. The normalized spacial score (nSPS) is 13.1. The van der Waals surface area contributed by atoms with Crippen molar-refractivity contribution in [2.24, 2.45) is 11.8 Å². The summed E-state index contributed by atoms with van der Waals surface area (Å²) in [4.78, 5) is 0. The molecule has 0 aromatic heterocycles. The molecule has 0 aliphatic heterocycles. The van der Waals surface area contributed by atoms with Crippen molar-refractivity contribution in [3.63, 3.8) is 0 Å². The van der Waals surface area contributed by atoms with Crippen LogP contribution in [0.15, 0.2) is 24.3 Å². The predicted molar refractivity (Wildman–Crippen MR) is 260 cm³/mol. The first-order valence-corrected chi connectivity index (χ1v) is 28.2. The van der Waals surface area contributed by atoms with Gasteiger partial charge in [-0.25, -0.2) is 16.8 Å². The van der Waals surface area contributed by atoms with Crippen LogP contribution in [-0.4, -0.2) is 76.9 Å². The third-order valence-corrected chi connectivity index (χ3v) is 12.3. The molecule has 0 radical (unpaired) electrons. The molecule has 11 heteroatoms. The van der Waals surface area contributed by atoms with E-state index >= 15 is 0 Å². The number of hydrogen-bond donors (Lipinski definition) is 0. The molecule has 0 saturated heterocycles. The molecule has 0 amide bonds. The van der Waals surface area contributed by atoms with Gasteiger partial charge in [0.2, 0.25) is 20.8 Å². The van der Waals surface area contributed by atoms with E-state index in [1.807, 2.05) is 0 Å². The molecule has 0 bridgehead atoms. The molecule has 0 saturated carbocycles. The molecule has 0 aromatic rings. The Balaban J connectivity index is -0.00000109. The molecule has 0 N–H and O–H groups in total. The number of hydrogen-bond acceptors (Lipinski definition) is 8. The zero-order chi connectivity index (χ0) is 44.7. The second-order valence-electron chi connectivity index (χ2n) is 17.5. The first kappa shape index (κ1) is 65.8. The minimum atomic E-state index is -4.61. The van der Waals surface area contributed by atoms with Crippen molar-refractivity contribution >= 4 is 58.5 Å². The van der Waals surface area contributed by atoms with E-state index in [2.05, 4.69) is 60.4 Å². The van der Waals surface area contributed by atoms with Gasteiger partial charge in [0.1, 0.15) is 0 Å². The quantitative estimate of drug-likeness (QED) is 0.0194. The minimum Gasteiger partial charge on any atom is -0.726 e. The van der Waals surface area contributed by atoms with E-state index in [1.54, 1.807) is 0 Å². The summed E-state index contributed by atoms with van der Waals surface area (Å²) < 4.78 is 73.9. The molecule has 0 aliphatic carbocycles. The van der Waals surface area contributed by atoms with Gasteiger partial charge in [-0.05, 0) is 38.5 Å². The Hall–Kier alpha value is 0.480. The second kappa shape index (κ2) is 51.5. The summed E-state index contributed by atoms with van der Waals surface area (Å²) >= 11 is 0. The summed E-state index contributed by atoms with van der Waals surface area (Å²) in [5.74, 6) is 0.0413. The van der Waals surface area contributed by atoms with Crippen LogP contribution in [0.4, 0.5) is 0 Å². The van der Waals surface area contributed by atoms with Crippen molar-refractivity contribution in [3.8, 4) is 0 Å². The maximum atomic E-state index is 10.8. The maximum Gasteiger partial charge on any atom is 2.00 e. The first-order chi connectivity index (χ1) is 29.0. The zero-order valence-corrected chi connectivity index (χ0v) is 44.4. The SMILES string of the molecule is CCCCCCCCC/C=C/C(CCCCCCCCCCCC)COS(=O)(=O)[O-].CCCCCCCCC/C=C/C(CCCCCCCCCCCC)COS(=O)(=O)[O-].[Ca+2]. The average Bonchev–Trinajstić information content (AvgIpc) is 3.21. The van der Waals surface area contributed by atoms with Crippen LogP contribution in [0.2, 0.25) is 0 Å².